The third kappa shape index (κ3) is 2.22. The zero-order valence-corrected chi connectivity index (χ0v) is 9.82. The molecule has 72 valence electrons. The predicted molar refractivity (Wildman–Crippen MR) is 59.5 cm³/mol. The van der Waals surface area contributed by atoms with Crippen LogP contribution in [0, 0.1) is 5.41 Å². The van der Waals surface area contributed by atoms with Crippen molar-refractivity contribution >= 4 is 8.58 Å². The first-order chi connectivity index (χ1) is 5.76. The van der Waals surface area contributed by atoms with E-state index >= 15 is 0 Å². The highest BCUT2D eigenvalue weighted by atomic mass is 31.1. The summed E-state index contributed by atoms with van der Waals surface area (Å²) in [7, 11) is 1.18. The van der Waals surface area contributed by atoms with Crippen molar-refractivity contribution < 1.29 is 0 Å². The second-order valence-electron chi connectivity index (χ2n) is 4.29. The van der Waals surface area contributed by atoms with Crippen molar-refractivity contribution in [1.29, 1.82) is 0 Å². The Kier molecular flexibility index (Phi) is 4.03. The van der Waals surface area contributed by atoms with Gasteiger partial charge in [0.05, 0.1) is 0 Å². The summed E-state index contributed by atoms with van der Waals surface area (Å²) in [5, 5.41) is 0. The van der Waals surface area contributed by atoms with Crippen LogP contribution in [0.5, 0.6) is 0 Å². The van der Waals surface area contributed by atoms with Crippen LogP contribution in [-0.4, -0.2) is 12.3 Å². The Hall–Kier alpha value is 0.430. The van der Waals surface area contributed by atoms with Crippen LogP contribution < -0.4 is 0 Å². The SMILES string of the molecule is CCC1(CC)CCCC(PC)C1. The fourth-order valence-electron chi connectivity index (χ4n) is 2.59. The molecule has 1 saturated carbocycles. The molecule has 1 aliphatic carbocycles. The third-order valence-electron chi connectivity index (χ3n) is 3.85. The van der Waals surface area contributed by atoms with Gasteiger partial charge in [-0.2, -0.15) is 0 Å². The van der Waals surface area contributed by atoms with Gasteiger partial charge in [-0.1, -0.05) is 33.1 Å². The van der Waals surface area contributed by atoms with E-state index in [1.54, 1.807) is 0 Å². The van der Waals surface area contributed by atoms with Gasteiger partial charge in [0.2, 0.25) is 0 Å². The molecule has 0 heterocycles. The first-order valence-electron chi connectivity index (χ1n) is 5.43. The van der Waals surface area contributed by atoms with Crippen molar-refractivity contribution in [2.75, 3.05) is 6.66 Å². The number of rotatable bonds is 3. The van der Waals surface area contributed by atoms with Crippen LogP contribution in [-0.2, 0) is 0 Å². The van der Waals surface area contributed by atoms with Gasteiger partial charge in [0.25, 0.3) is 0 Å². The maximum atomic E-state index is 2.38. The Bertz CT molecular complexity index is 127. The molecule has 0 aromatic heterocycles. The Morgan fingerprint density at radius 3 is 2.50 bits per heavy atom. The van der Waals surface area contributed by atoms with Crippen molar-refractivity contribution in [3.05, 3.63) is 0 Å². The smallest absolute Gasteiger partial charge is 0.0234 e. The van der Waals surface area contributed by atoms with E-state index in [0.29, 0.717) is 0 Å². The summed E-state index contributed by atoms with van der Waals surface area (Å²) in [5.41, 5.74) is 1.81. The summed E-state index contributed by atoms with van der Waals surface area (Å²) < 4.78 is 0. The van der Waals surface area contributed by atoms with E-state index in [9.17, 15) is 0 Å². The van der Waals surface area contributed by atoms with E-state index in [4.69, 9.17) is 0 Å². The fourth-order valence-corrected chi connectivity index (χ4v) is 3.72. The Balaban J connectivity index is 2.52. The lowest BCUT2D eigenvalue weighted by Gasteiger charge is -2.39. The van der Waals surface area contributed by atoms with Gasteiger partial charge in [0.15, 0.2) is 0 Å². The van der Waals surface area contributed by atoms with Gasteiger partial charge in [0.1, 0.15) is 0 Å². The molecule has 2 unspecified atom stereocenters. The zero-order valence-electron chi connectivity index (χ0n) is 8.82. The molecule has 0 aromatic carbocycles. The molecule has 1 rings (SSSR count). The zero-order chi connectivity index (χ0) is 9.03. The van der Waals surface area contributed by atoms with Gasteiger partial charge in [-0.15, -0.1) is 8.58 Å². The molecule has 0 aromatic rings. The minimum absolute atomic E-state index is 0.742. The molecule has 0 N–H and O–H groups in total. The van der Waals surface area contributed by atoms with Crippen LogP contribution in [0.1, 0.15) is 52.4 Å². The van der Waals surface area contributed by atoms with Gasteiger partial charge >= 0.3 is 0 Å². The molecule has 0 aliphatic heterocycles. The quantitative estimate of drug-likeness (QED) is 0.583. The average molecular weight is 186 g/mol. The Labute approximate surface area is 79.3 Å². The largest absolute Gasteiger partial charge is 0.122 e. The van der Waals surface area contributed by atoms with Gasteiger partial charge in [0, 0.05) is 0 Å². The minimum Gasteiger partial charge on any atom is -0.122 e. The highest BCUT2D eigenvalue weighted by Gasteiger charge is 2.32. The van der Waals surface area contributed by atoms with E-state index in [2.05, 4.69) is 20.5 Å². The molecule has 12 heavy (non-hydrogen) atoms. The van der Waals surface area contributed by atoms with E-state index in [1.165, 1.54) is 47.1 Å². The second-order valence-corrected chi connectivity index (χ2v) is 5.68. The molecule has 1 aliphatic rings. The van der Waals surface area contributed by atoms with Gasteiger partial charge in [-0.3, -0.25) is 0 Å². The highest BCUT2D eigenvalue weighted by molar-refractivity contribution is 7.37. The number of hydrogen-bond donors (Lipinski definition) is 0. The molecule has 0 nitrogen and oxygen atoms in total. The number of hydrogen-bond acceptors (Lipinski definition) is 0. The van der Waals surface area contributed by atoms with Crippen LogP contribution >= 0.6 is 8.58 Å². The van der Waals surface area contributed by atoms with Crippen LogP contribution in [0.3, 0.4) is 0 Å². The fraction of sp³-hybridized carbons (Fsp3) is 1.00. The van der Waals surface area contributed by atoms with E-state index in [-0.39, 0.29) is 0 Å². The maximum absolute atomic E-state index is 2.38. The van der Waals surface area contributed by atoms with Crippen molar-refractivity contribution in [3.63, 3.8) is 0 Å². The highest BCUT2D eigenvalue weighted by Crippen LogP contribution is 2.46. The third-order valence-corrected chi connectivity index (χ3v) is 5.16. The lowest BCUT2D eigenvalue weighted by molar-refractivity contribution is 0.177. The summed E-state index contributed by atoms with van der Waals surface area (Å²) in [4.78, 5) is 0. The van der Waals surface area contributed by atoms with E-state index < -0.39 is 0 Å². The predicted octanol–water partition coefficient (Wildman–Crippen LogP) is 4.04. The lowest BCUT2D eigenvalue weighted by Crippen LogP contribution is -2.28. The molecule has 0 amide bonds. The normalized spacial score (nSPS) is 29.8. The van der Waals surface area contributed by atoms with Gasteiger partial charge in [-0.05, 0) is 37.0 Å². The van der Waals surface area contributed by atoms with E-state index in [0.717, 1.165) is 11.1 Å². The molecular weight excluding hydrogens is 163 g/mol. The van der Waals surface area contributed by atoms with Crippen LogP contribution in [0.4, 0.5) is 0 Å². The maximum Gasteiger partial charge on any atom is -0.0234 e. The summed E-state index contributed by atoms with van der Waals surface area (Å²) in [6, 6.07) is 0. The second kappa shape index (κ2) is 4.61. The molecule has 2 atom stereocenters. The first-order valence-corrected chi connectivity index (χ1v) is 7.01. The monoisotopic (exact) mass is 186 g/mol. The van der Waals surface area contributed by atoms with Gasteiger partial charge < -0.3 is 0 Å². The van der Waals surface area contributed by atoms with Crippen molar-refractivity contribution in [1.82, 2.24) is 0 Å². The molecule has 0 spiro atoms. The summed E-state index contributed by atoms with van der Waals surface area (Å²) in [6.45, 7) is 7.14. The molecule has 0 saturated heterocycles. The molecule has 1 heteroatoms. The van der Waals surface area contributed by atoms with E-state index in [1.807, 2.05) is 0 Å². The molecule has 0 radical (unpaired) electrons. The minimum atomic E-state index is 0.742. The van der Waals surface area contributed by atoms with Crippen LogP contribution in [0.2, 0.25) is 0 Å². The Morgan fingerprint density at radius 2 is 2.00 bits per heavy atom. The molecule has 1 fully saturated rings. The molecule has 0 bridgehead atoms. The first kappa shape index (κ1) is 10.5. The van der Waals surface area contributed by atoms with Crippen LogP contribution in [0.25, 0.3) is 0 Å². The summed E-state index contributed by atoms with van der Waals surface area (Å²) in [5.74, 6) is 0. The van der Waals surface area contributed by atoms with Crippen LogP contribution in [0.15, 0.2) is 0 Å². The van der Waals surface area contributed by atoms with Crippen molar-refractivity contribution in [2.45, 2.75) is 58.0 Å². The molecular formula is C11H23P. The Morgan fingerprint density at radius 1 is 1.33 bits per heavy atom. The average Bonchev–Trinajstić information content (AvgIpc) is 2.18. The standard InChI is InChI=1S/C11H23P/c1-4-11(5-2)8-6-7-10(9-11)12-3/h10,12H,4-9H2,1-3H3. The van der Waals surface area contributed by atoms with Crippen molar-refractivity contribution in [2.24, 2.45) is 5.41 Å². The lowest BCUT2D eigenvalue weighted by atomic mass is 9.70. The van der Waals surface area contributed by atoms with Crippen molar-refractivity contribution in [3.8, 4) is 0 Å². The topological polar surface area (TPSA) is 0 Å². The van der Waals surface area contributed by atoms with Gasteiger partial charge in [-0.25, -0.2) is 0 Å². The summed E-state index contributed by atoms with van der Waals surface area (Å²) >= 11 is 0. The summed E-state index contributed by atoms with van der Waals surface area (Å²) in [6.07, 6.45) is 8.84.